The lowest BCUT2D eigenvalue weighted by Gasteiger charge is -2.17. The molecule has 0 saturated carbocycles. The third-order valence-electron chi connectivity index (χ3n) is 4.95. The standard InChI is InChI=1S/C25H22F2N4O3S/c1-16(34-19-11-6-10-18(14-19)33-2)24-29-30-25(31(24)17-8-4-3-5-9-17)35-15-22(32)28-23-20(26)12-7-13-21(23)27/h3-14,16H,15H2,1-2H3,(H,28,32). The first-order valence-corrected chi connectivity index (χ1v) is 11.6. The van der Waals surface area contributed by atoms with Crippen molar-refractivity contribution in [2.75, 3.05) is 18.2 Å². The third kappa shape index (κ3) is 5.78. The number of amides is 1. The molecule has 1 atom stereocenters. The predicted octanol–water partition coefficient (Wildman–Crippen LogP) is 5.42. The summed E-state index contributed by atoms with van der Waals surface area (Å²) in [7, 11) is 1.58. The van der Waals surface area contributed by atoms with Crippen molar-refractivity contribution in [3.05, 3.63) is 90.3 Å². The summed E-state index contributed by atoms with van der Waals surface area (Å²) in [5, 5.41) is 11.3. The highest BCUT2D eigenvalue weighted by molar-refractivity contribution is 7.99. The SMILES string of the molecule is COc1cccc(OC(C)c2nnc(SCC(=O)Nc3c(F)cccc3F)n2-c2ccccc2)c1. The highest BCUT2D eigenvalue weighted by Gasteiger charge is 2.22. The van der Waals surface area contributed by atoms with Crippen LogP contribution in [0, 0.1) is 11.6 Å². The Hall–Kier alpha value is -3.92. The molecule has 0 fully saturated rings. The summed E-state index contributed by atoms with van der Waals surface area (Å²) in [4.78, 5) is 12.4. The van der Waals surface area contributed by atoms with Crippen molar-refractivity contribution >= 4 is 23.4 Å². The van der Waals surface area contributed by atoms with E-state index < -0.39 is 29.3 Å². The molecule has 0 aliphatic rings. The molecule has 1 aromatic heterocycles. The van der Waals surface area contributed by atoms with Gasteiger partial charge >= 0.3 is 0 Å². The number of carbonyl (C=O) groups is 1. The molecule has 3 aromatic carbocycles. The Kier molecular flexibility index (Phi) is 7.61. The van der Waals surface area contributed by atoms with Crippen LogP contribution in [0.1, 0.15) is 18.9 Å². The van der Waals surface area contributed by atoms with Crippen molar-refractivity contribution in [2.24, 2.45) is 0 Å². The van der Waals surface area contributed by atoms with Gasteiger partial charge in [0, 0.05) is 11.8 Å². The molecule has 1 N–H and O–H groups in total. The van der Waals surface area contributed by atoms with Crippen molar-refractivity contribution in [3.8, 4) is 17.2 Å². The molecular formula is C25H22F2N4O3S. The largest absolute Gasteiger partial charge is 0.497 e. The summed E-state index contributed by atoms with van der Waals surface area (Å²) in [6.07, 6.45) is -0.495. The van der Waals surface area contributed by atoms with Crippen molar-refractivity contribution in [1.82, 2.24) is 14.8 Å². The molecule has 0 bridgehead atoms. The van der Waals surface area contributed by atoms with E-state index in [2.05, 4.69) is 15.5 Å². The zero-order chi connectivity index (χ0) is 24.8. The van der Waals surface area contributed by atoms with Gasteiger partial charge in [-0.25, -0.2) is 8.78 Å². The van der Waals surface area contributed by atoms with Crippen LogP contribution in [0.4, 0.5) is 14.5 Å². The molecule has 180 valence electrons. The van der Waals surface area contributed by atoms with Crippen LogP contribution >= 0.6 is 11.8 Å². The van der Waals surface area contributed by atoms with E-state index >= 15 is 0 Å². The molecule has 0 aliphatic heterocycles. The highest BCUT2D eigenvalue weighted by Crippen LogP contribution is 2.29. The maximum absolute atomic E-state index is 13.9. The maximum Gasteiger partial charge on any atom is 0.235 e. The Morgan fingerprint density at radius 3 is 2.40 bits per heavy atom. The molecule has 4 rings (SSSR count). The zero-order valence-electron chi connectivity index (χ0n) is 18.9. The number of methoxy groups -OCH3 is 1. The van der Waals surface area contributed by atoms with Gasteiger partial charge in [0.2, 0.25) is 5.91 Å². The summed E-state index contributed by atoms with van der Waals surface area (Å²) in [5.74, 6) is -0.633. The molecule has 1 unspecified atom stereocenters. The van der Waals surface area contributed by atoms with E-state index in [0.29, 0.717) is 22.5 Å². The Morgan fingerprint density at radius 1 is 1.00 bits per heavy atom. The maximum atomic E-state index is 13.9. The van der Waals surface area contributed by atoms with Gasteiger partial charge in [-0.05, 0) is 43.3 Å². The Bertz CT molecular complexity index is 1300. The average molecular weight is 497 g/mol. The minimum Gasteiger partial charge on any atom is -0.497 e. The summed E-state index contributed by atoms with van der Waals surface area (Å²) in [6, 6.07) is 20.0. The number of nitrogens with one attached hydrogen (secondary N) is 1. The minimum absolute atomic E-state index is 0.135. The summed E-state index contributed by atoms with van der Waals surface area (Å²) >= 11 is 1.09. The highest BCUT2D eigenvalue weighted by atomic mass is 32.2. The van der Waals surface area contributed by atoms with Crippen molar-refractivity contribution in [1.29, 1.82) is 0 Å². The molecular weight excluding hydrogens is 474 g/mol. The van der Waals surface area contributed by atoms with E-state index in [0.717, 1.165) is 29.6 Å². The lowest BCUT2D eigenvalue weighted by molar-refractivity contribution is -0.113. The number of ether oxygens (including phenoxy) is 2. The number of aromatic nitrogens is 3. The molecule has 0 saturated heterocycles. The number of rotatable bonds is 9. The summed E-state index contributed by atoms with van der Waals surface area (Å²) in [5.41, 5.74) is 0.292. The third-order valence-corrected chi connectivity index (χ3v) is 5.88. The van der Waals surface area contributed by atoms with Crippen LogP contribution in [-0.4, -0.2) is 33.5 Å². The topological polar surface area (TPSA) is 78.3 Å². The fourth-order valence-electron chi connectivity index (χ4n) is 3.31. The second kappa shape index (κ2) is 11.0. The van der Waals surface area contributed by atoms with Gasteiger partial charge in [-0.1, -0.05) is 42.1 Å². The number of para-hydroxylation sites is 2. The molecule has 0 aliphatic carbocycles. The zero-order valence-corrected chi connectivity index (χ0v) is 19.8. The van der Waals surface area contributed by atoms with Gasteiger partial charge in [0.15, 0.2) is 17.1 Å². The molecule has 0 spiro atoms. The van der Waals surface area contributed by atoms with Gasteiger partial charge in [0.1, 0.15) is 28.8 Å². The fraction of sp³-hybridized carbons (Fsp3) is 0.160. The number of benzene rings is 3. The van der Waals surface area contributed by atoms with Crippen molar-refractivity contribution in [3.63, 3.8) is 0 Å². The minimum atomic E-state index is -0.846. The van der Waals surface area contributed by atoms with Gasteiger partial charge in [0.05, 0.1) is 12.9 Å². The Morgan fingerprint density at radius 2 is 1.69 bits per heavy atom. The number of carbonyl (C=O) groups excluding carboxylic acids is 1. The number of anilines is 1. The predicted molar refractivity (Wildman–Crippen MR) is 129 cm³/mol. The van der Waals surface area contributed by atoms with Crippen LogP contribution in [0.2, 0.25) is 0 Å². The monoisotopic (exact) mass is 496 g/mol. The Labute approximate surface area is 205 Å². The van der Waals surface area contributed by atoms with Crippen LogP contribution in [0.3, 0.4) is 0 Å². The molecule has 0 radical (unpaired) electrons. The van der Waals surface area contributed by atoms with Crippen LogP contribution < -0.4 is 14.8 Å². The number of hydrogen-bond donors (Lipinski definition) is 1. The van der Waals surface area contributed by atoms with E-state index in [4.69, 9.17) is 9.47 Å². The van der Waals surface area contributed by atoms with Gasteiger partial charge < -0.3 is 14.8 Å². The van der Waals surface area contributed by atoms with Crippen LogP contribution in [0.5, 0.6) is 11.5 Å². The lowest BCUT2D eigenvalue weighted by Crippen LogP contribution is -2.17. The number of halogens is 2. The van der Waals surface area contributed by atoms with E-state index in [9.17, 15) is 13.6 Å². The van der Waals surface area contributed by atoms with Crippen LogP contribution in [-0.2, 0) is 4.79 Å². The molecule has 1 amide bonds. The van der Waals surface area contributed by atoms with Gasteiger partial charge in [0.25, 0.3) is 0 Å². The van der Waals surface area contributed by atoms with E-state index in [1.54, 1.807) is 17.7 Å². The van der Waals surface area contributed by atoms with Crippen molar-refractivity contribution in [2.45, 2.75) is 18.2 Å². The van der Waals surface area contributed by atoms with Crippen molar-refractivity contribution < 1.29 is 23.0 Å². The Balaban J connectivity index is 1.55. The summed E-state index contributed by atoms with van der Waals surface area (Å²) < 4.78 is 40.8. The molecule has 1 heterocycles. The average Bonchev–Trinajstić information content (AvgIpc) is 3.30. The quantitative estimate of drug-likeness (QED) is 0.312. The fourth-order valence-corrected chi connectivity index (χ4v) is 4.07. The molecule has 7 nitrogen and oxygen atoms in total. The number of hydrogen-bond acceptors (Lipinski definition) is 6. The smallest absolute Gasteiger partial charge is 0.235 e. The molecule has 35 heavy (non-hydrogen) atoms. The van der Waals surface area contributed by atoms with E-state index in [-0.39, 0.29) is 5.75 Å². The van der Waals surface area contributed by atoms with E-state index in [1.807, 2.05) is 55.5 Å². The van der Waals surface area contributed by atoms with Gasteiger partial charge in [-0.15, -0.1) is 10.2 Å². The number of nitrogens with zero attached hydrogens (tertiary/aromatic N) is 3. The number of thioether (sulfide) groups is 1. The van der Waals surface area contributed by atoms with E-state index in [1.165, 1.54) is 6.07 Å². The first kappa shape index (κ1) is 24.2. The molecule has 4 aromatic rings. The first-order chi connectivity index (χ1) is 17.0. The first-order valence-electron chi connectivity index (χ1n) is 10.6. The second-order valence-electron chi connectivity index (χ2n) is 7.38. The van der Waals surface area contributed by atoms with Crippen LogP contribution in [0.15, 0.2) is 78.0 Å². The molecule has 10 heteroatoms. The van der Waals surface area contributed by atoms with Gasteiger partial charge in [-0.2, -0.15) is 0 Å². The van der Waals surface area contributed by atoms with Crippen LogP contribution in [0.25, 0.3) is 5.69 Å². The summed E-state index contributed by atoms with van der Waals surface area (Å²) in [6.45, 7) is 1.84. The lowest BCUT2D eigenvalue weighted by atomic mass is 10.3. The second-order valence-corrected chi connectivity index (χ2v) is 8.33. The normalized spacial score (nSPS) is 11.7. The van der Waals surface area contributed by atoms with Gasteiger partial charge in [-0.3, -0.25) is 9.36 Å².